The van der Waals surface area contributed by atoms with Gasteiger partial charge in [0, 0.05) is 25.9 Å². The SMILES string of the molecule is CCOc1ccc(NC(=O)N(C)CC2CCCO2)cc1C. The number of aryl methyl sites for hydroxylation is 1. The first-order valence-corrected chi connectivity index (χ1v) is 7.47. The summed E-state index contributed by atoms with van der Waals surface area (Å²) in [6, 6.07) is 5.54. The number of hydrogen-bond donors (Lipinski definition) is 1. The number of benzene rings is 1. The highest BCUT2D eigenvalue weighted by atomic mass is 16.5. The molecular weight excluding hydrogens is 268 g/mol. The first kappa shape index (κ1) is 15.6. The topological polar surface area (TPSA) is 50.8 Å². The van der Waals surface area contributed by atoms with Gasteiger partial charge in [-0.05, 0) is 50.5 Å². The molecule has 116 valence electrons. The molecule has 0 aromatic heterocycles. The van der Waals surface area contributed by atoms with Crippen LogP contribution in [0.4, 0.5) is 10.5 Å². The third kappa shape index (κ3) is 4.36. The molecule has 0 radical (unpaired) electrons. The molecule has 2 amide bonds. The average Bonchev–Trinajstić information content (AvgIpc) is 2.95. The number of anilines is 1. The zero-order chi connectivity index (χ0) is 15.2. The molecule has 1 heterocycles. The highest BCUT2D eigenvalue weighted by molar-refractivity contribution is 5.89. The number of hydrogen-bond acceptors (Lipinski definition) is 3. The molecule has 1 aliphatic rings. The van der Waals surface area contributed by atoms with Gasteiger partial charge in [0.05, 0.1) is 12.7 Å². The molecule has 5 heteroatoms. The summed E-state index contributed by atoms with van der Waals surface area (Å²) in [5.41, 5.74) is 1.79. The lowest BCUT2D eigenvalue weighted by Crippen LogP contribution is -2.37. The second kappa shape index (κ2) is 7.31. The van der Waals surface area contributed by atoms with Crippen molar-refractivity contribution in [2.24, 2.45) is 0 Å². The van der Waals surface area contributed by atoms with Gasteiger partial charge in [-0.25, -0.2) is 4.79 Å². The maximum Gasteiger partial charge on any atom is 0.321 e. The van der Waals surface area contributed by atoms with Crippen molar-refractivity contribution in [3.63, 3.8) is 0 Å². The number of likely N-dealkylation sites (N-methyl/N-ethyl adjacent to an activating group) is 1. The zero-order valence-corrected chi connectivity index (χ0v) is 13.0. The maximum absolute atomic E-state index is 12.2. The fourth-order valence-corrected chi connectivity index (χ4v) is 2.44. The van der Waals surface area contributed by atoms with Crippen LogP contribution in [0.2, 0.25) is 0 Å². The molecule has 1 aromatic rings. The molecule has 1 fully saturated rings. The van der Waals surface area contributed by atoms with Gasteiger partial charge in [-0.2, -0.15) is 0 Å². The van der Waals surface area contributed by atoms with E-state index in [1.165, 1.54) is 0 Å². The fourth-order valence-electron chi connectivity index (χ4n) is 2.44. The summed E-state index contributed by atoms with van der Waals surface area (Å²) in [4.78, 5) is 13.8. The van der Waals surface area contributed by atoms with E-state index in [1.54, 1.807) is 11.9 Å². The Bertz CT molecular complexity index is 484. The van der Waals surface area contributed by atoms with Gasteiger partial charge in [-0.3, -0.25) is 0 Å². The van der Waals surface area contributed by atoms with E-state index < -0.39 is 0 Å². The monoisotopic (exact) mass is 292 g/mol. The number of amides is 2. The summed E-state index contributed by atoms with van der Waals surface area (Å²) < 4.78 is 11.0. The lowest BCUT2D eigenvalue weighted by molar-refractivity contribution is 0.0894. The standard InChI is InChI=1S/C16H24N2O3/c1-4-20-15-8-7-13(10-12(15)2)17-16(19)18(3)11-14-6-5-9-21-14/h7-8,10,14H,4-6,9,11H2,1-3H3,(H,17,19). The second-order valence-electron chi connectivity index (χ2n) is 5.36. The van der Waals surface area contributed by atoms with Crippen LogP contribution in [-0.4, -0.2) is 43.8 Å². The smallest absolute Gasteiger partial charge is 0.321 e. The summed E-state index contributed by atoms with van der Waals surface area (Å²) in [6.07, 6.45) is 2.28. The van der Waals surface area contributed by atoms with Crippen molar-refractivity contribution < 1.29 is 14.3 Å². The summed E-state index contributed by atoms with van der Waals surface area (Å²) in [5, 5.41) is 2.90. The van der Waals surface area contributed by atoms with Gasteiger partial charge < -0.3 is 19.7 Å². The number of carbonyl (C=O) groups excluding carboxylic acids is 1. The second-order valence-corrected chi connectivity index (χ2v) is 5.36. The normalized spacial score (nSPS) is 17.6. The lowest BCUT2D eigenvalue weighted by atomic mass is 10.2. The van der Waals surface area contributed by atoms with Crippen LogP contribution in [0.5, 0.6) is 5.75 Å². The molecule has 0 saturated carbocycles. The number of urea groups is 1. The molecule has 1 N–H and O–H groups in total. The largest absolute Gasteiger partial charge is 0.494 e. The predicted molar refractivity (Wildman–Crippen MR) is 83.0 cm³/mol. The van der Waals surface area contributed by atoms with Crippen molar-refractivity contribution in [1.82, 2.24) is 4.90 Å². The van der Waals surface area contributed by atoms with E-state index in [1.807, 2.05) is 32.0 Å². The molecule has 0 aliphatic carbocycles. The van der Waals surface area contributed by atoms with Gasteiger partial charge >= 0.3 is 6.03 Å². The Morgan fingerprint density at radius 1 is 1.52 bits per heavy atom. The van der Waals surface area contributed by atoms with Crippen molar-refractivity contribution in [1.29, 1.82) is 0 Å². The molecule has 2 rings (SSSR count). The predicted octanol–water partition coefficient (Wildman–Crippen LogP) is 3.04. The van der Waals surface area contributed by atoms with Crippen LogP contribution < -0.4 is 10.1 Å². The van der Waals surface area contributed by atoms with Gasteiger partial charge in [-0.15, -0.1) is 0 Å². The summed E-state index contributed by atoms with van der Waals surface area (Å²) in [7, 11) is 1.79. The van der Waals surface area contributed by atoms with Crippen LogP contribution >= 0.6 is 0 Å². The highest BCUT2D eigenvalue weighted by Gasteiger charge is 2.20. The van der Waals surface area contributed by atoms with E-state index in [-0.39, 0.29) is 12.1 Å². The Balaban J connectivity index is 1.90. The summed E-state index contributed by atoms with van der Waals surface area (Å²) in [5.74, 6) is 0.850. The molecule has 21 heavy (non-hydrogen) atoms. The third-order valence-electron chi connectivity index (χ3n) is 3.57. The van der Waals surface area contributed by atoms with E-state index in [9.17, 15) is 4.79 Å². The van der Waals surface area contributed by atoms with Crippen molar-refractivity contribution in [2.75, 3.05) is 32.1 Å². The minimum atomic E-state index is -0.117. The van der Waals surface area contributed by atoms with Crippen LogP contribution in [0, 0.1) is 6.92 Å². The first-order valence-electron chi connectivity index (χ1n) is 7.47. The summed E-state index contributed by atoms with van der Waals surface area (Å²) in [6.45, 7) is 5.99. The van der Waals surface area contributed by atoms with Crippen LogP contribution in [-0.2, 0) is 4.74 Å². The minimum Gasteiger partial charge on any atom is -0.494 e. The lowest BCUT2D eigenvalue weighted by Gasteiger charge is -2.21. The van der Waals surface area contributed by atoms with E-state index in [0.29, 0.717) is 13.2 Å². The van der Waals surface area contributed by atoms with Gasteiger partial charge in [0.25, 0.3) is 0 Å². The van der Waals surface area contributed by atoms with Crippen LogP contribution in [0.1, 0.15) is 25.3 Å². The van der Waals surface area contributed by atoms with E-state index >= 15 is 0 Å². The van der Waals surface area contributed by atoms with E-state index in [4.69, 9.17) is 9.47 Å². The van der Waals surface area contributed by atoms with E-state index in [2.05, 4.69) is 5.32 Å². The molecule has 0 spiro atoms. The van der Waals surface area contributed by atoms with Crippen molar-refractivity contribution in [3.8, 4) is 5.75 Å². The average molecular weight is 292 g/mol. The van der Waals surface area contributed by atoms with Gasteiger partial charge in [0.1, 0.15) is 5.75 Å². The zero-order valence-electron chi connectivity index (χ0n) is 13.0. The Hall–Kier alpha value is -1.75. The van der Waals surface area contributed by atoms with Gasteiger partial charge in [-0.1, -0.05) is 0 Å². The number of rotatable bonds is 5. The number of ether oxygens (including phenoxy) is 2. The molecular formula is C16H24N2O3. The van der Waals surface area contributed by atoms with Gasteiger partial charge in [0.15, 0.2) is 0 Å². The molecule has 0 bridgehead atoms. The summed E-state index contributed by atoms with van der Waals surface area (Å²) >= 11 is 0. The van der Waals surface area contributed by atoms with Crippen LogP contribution in [0.25, 0.3) is 0 Å². The van der Waals surface area contributed by atoms with Crippen molar-refractivity contribution in [2.45, 2.75) is 32.8 Å². The quantitative estimate of drug-likeness (QED) is 0.907. The number of nitrogens with zero attached hydrogens (tertiary/aromatic N) is 1. The Morgan fingerprint density at radius 3 is 2.95 bits per heavy atom. The maximum atomic E-state index is 12.2. The van der Waals surface area contributed by atoms with Crippen molar-refractivity contribution in [3.05, 3.63) is 23.8 Å². The first-order chi connectivity index (χ1) is 10.1. The Labute approximate surface area is 126 Å². The molecule has 1 unspecified atom stereocenters. The van der Waals surface area contributed by atoms with Crippen LogP contribution in [0.15, 0.2) is 18.2 Å². The molecule has 1 atom stereocenters. The Kier molecular flexibility index (Phi) is 5.44. The Morgan fingerprint density at radius 2 is 2.33 bits per heavy atom. The number of nitrogens with one attached hydrogen (secondary N) is 1. The molecule has 1 saturated heterocycles. The highest BCUT2D eigenvalue weighted by Crippen LogP contribution is 2.22. The fraction of sp³-hybridized carbons (Fsp3) is 0.562. The molecule has 1 aliphatic heterocycles. The minimum absolute atomic E-state index is 0.117. The third-order valence-corrected chi connectivity index (χ3v) is 3.57. The molecule has 1 aromatic carbocycles. The molecule has 5 nitrogen and oxygen atoms in total. The van der Waals surface area contributed by atoms with Crippen molar-refractivity contribution >= 4 is 11.7 Å². The van der Waals surface area contributed by atoms with E-state index in [0.717, 1.165) is 36.4 Å². The van der Waals surface area contributed by atoms with Crippen LogP contribution in [0.3, 0.4) is 0 Å². The number of carbonyl (C=O) groups is 1. The van der Waals surface area contributed by atoms with Gasteiger partial charge in [0.2, 0.25) is 0 Å².